The SMILES string of the molecule is CNC(=O)c1ccccc1NC(=O)CNC(C)C. The average molecular weight is 249 g/mol. The van der Waals surface area contributed by atoms with Crippen molar-refractivity contribution in [2.24, 2.45) is 0 Å². The van der Waals surface area contributed by atoms with Crippen molar-refractivity contribution in [3.05, 3.63) is 29.8 Å². The second-order valence-electron chi connectivity index (χ2n) is 4.21. The van der Waals surface area contributed by atoms with Crippen molar-refractivity contribution in [2.45, 2.75) is 19.9 Å². The van der Waals surface area contributed by atoms with Gasteiger partial charge >= 0.3 is 0 Å². The summed E-state index contributed by atoms with van der Waals surface area (Å²) >= 11 is 0. The fourth-order valence-electron chi connectivity index (χ4n) is 1.42. The molecule has 0 aliphatic heterocycles. The molecule has 3 N–H and O–H groups in total. The molecule has 5 heteroatoms. The van der Waals surface area contributed by atoms with E-state index in [2.05, 4.69) is 16.0 Å². The van der Waals surface area contributed by atoms with E-state index in [0.717, 1.165) is 0 Å². The normalized spacial score (nSPS) is 10.2. The number of hydrogen-bond donors (Lipinski definition) is 3. The molecule has 0 aliphatic rings. The van der Waals surface area contributed by atoms with Gasteiger partial charge in [-0.3, -0.25) is 9.59 Å². The van der Waals surface area contributed by atoms with Crippen LogP contribution < -0.4 is 16.0 Å². The minimum Gasteiger partial charge on any atom is -0.355 e. The molecule has 0 aromatic heterocycles. The highest BCUT2D eigenvalue weighted by Gasteiger charge is 2.11. The lowest BCUT2D eigenvalue weighted by Crippen LogP contribution is -2.33. The van der Waals surface area contributed by atoms with E-state index in [0.29, 0.717) is 11.3 Å². The lowest BCUT2D eigenvalue weighted by molar-refractivity contribution is -0.115. The van der Waals surface area contributed by atoms with Crippen LogP contribution in [0.1, 0.15) is 24.2 Å². The number of anilines is 1. The van der Waals surface area contributed by atoms with E-state index < -0.39 is 0 Å². The average Bonchev–Trinajstić information content (AvgIpc) is 2.36. The van der Waals surface area contributed by atoms with Crippen LogP contribution in [0.15, 0.2) is 24.3 Å². The standard InChI is InChI=1S/C13H19N3O2/c1-9(2)15-8-12(17)16-11-7-5-4-6-10(11)13(18)14-3/h4-7,9,15H,8H2,1-3H3,(H,14,18)(H,16,17). The van der Waals surface area contributed by atoms with Crippen molar-refractivity contribution < 1.29 is 9.59 Å². The van der Waals surface area contributed by atoms with E-state index in [9.17, 15) is 9.59 Å². The number of hydrogen-bond acceptors (Lipinski definition) is 3. The summed E-state index contributed by atoms with van der Waals surface area (Å²) in [6.45, 7) is 4.15. The first kappa shape index (κ1) is 14.2. The van der Waals surface area contributed by atoms with Gasteiger partial charge in [-0.25, -0.2) is 0 Å². The minimum atomic E-state index is -0.220. The molecule has 0 saturated carbocycles. The Morgan fingerprint density at radius 3 is 2.50 bits per heavy atom. The monoisotopic (exact) mass is 249 g/mol. The van der Waals surface area contributed by atoms with Gasteiger partial charge in [-0.1, -0.05) is 26.0 Å². The van der Waals surface area contributed by atoms with Gasteiger partial charge in [-0.05, 0) is 12.1 Å². The Labute approximate surface area is 107 Å². The van der Waals surface area contributed by atoms with Crippen molar-refractivity contribution in [1.82, 2.24) is 10.6 Å². The zero-order valence-corrected chi connectivity index (χ0v) is 10.9. The molecule has 0 unspecified atom stereocenters. The molecule has 0 radical (unpaired) electrons. The van der Waals surface area contributed by atoms with Gasteiger partial charge in [0.05, 0.1) is 17.8 Å². The zero-order chi connectivity index (χ0) is 13.5. The topological polar surface area (TPSA) is 70.2 Å². The van der Waals surface area contributed by atoms with Crippen LogP contribution in [-0.4, -0.2) is 31.4 Å². The Morgan fingerprint density at radius 1 is 1.22 bits per heavy atom. The van der Waals surface area contributed by atoms with E-state index in [-0.39, 0.29) is 24.4 Å². The van der Waals surface area contributed by atoms with Gasteiger partial charge in [0, 0.05) is 13.1 Å². The van der Waals surface area contributed by atoms with Gasteiger partial charge in [0.2, 0.25) is 5.91 Å². The predicted molar refractivity (Wildman–Crippen MR) is 71.6 cm³/mol. The highest BCUT2D eigenvalue weighted by atomic mass is 16.2. The second kappa shape index (κ2) is 6.76. The summed E-state index contributed by atoms with van der Waals surface area (Å²) in [7, 11) is 1.56. The first-order valence-electron chi connectivity index (χ1n) is 5.89. The quantitative estimate of drug-likeness (QED) is 0.728. The molecule has 0 bridgehead atoms. The van der Waals surface area contributed by atoms with Gasteiger partial charge in [-0.2, -0.15) is 0 Å². The summed E-state index contributed by atoms with van der Waals surface area (Å²) in [5.41, 5.74) is 0.977. The van der Waals surface area contributed by atoms with E-state index in [1.165, 1.54) is 0 Å². The van der Waals surface area contributed by atoms with E-state index in [1.54, 1.807) is 31.3 Å². The largest absolute Gasteiger partial charge is 0.355 e. The van der Waals surface area contributed by atoms with Crippen LogP contribution in [0.5, 0.6) is 0 Å². The molecule has 0 heterocycles. The number of para-hydroxylation sites is 1. The molecule has 1 rings (SSSR count). The molecule has 5 nitrogen and oxygen atoms in total. The number of amides is 2. The fraction of sp³-hybridized carbons (Fsp3) is 0.385. The van der Waals surface area contributed by atoms with Crippen LogP contribution >= 0.6 is 0 Å². The molecule has 1 aromatic carbocycles. The van der Waals surface area contributed by atoms with Crippen molar-refractivity contribution in [3.8, 4) is 0 Å². The number of carbonyl (C=O) groups excluding carboxylic acids is 2. The third kappa shape index (κ3) is 4.18. The summed E-state index contributed by atoms with van der Waals surface area (Å²) in [5.74, 6) is -0.386. The predicted octanol–water partition coefficient (Wildman–Crippen LogP) is 0.983. The molecule has 98 valence electrons. The first-order valence-corrected chi connectivity index (χ1v) is 5.89. The Hall–Kier alpha value is -1.88. The lowest BCUT2D eigenvalue weighted by Gasteiger charge is -2.11. The van der Waals surface area contributed by atoms with E-state index in [4.69, 9.17) is 0 Å². The fourth-order valence-corrected chi connectivity index (χ4v) is 1.42. The maximum Gasteiger partial charge on any atom is 0.253 e. The third-order valence-corrected chi connectivity index (χ3v) is 2.34. The van der Waals surface area contributed by atoms with Gasteiger partial charge in [0.15, 0.2) is 0 Å². The Bertz CT molecular complexity index is 430. The van der Waals surface area contributed by atoms with Crippen molar-refractivity contribution in [3.63, 3.8) is 0 Å². The molecular formula is C13H19N3O2. The number of rotatable bonds is 5. The van der Waals surface area contributed by atoms with Crippen molar-refractivity contribution >= 4 is 17.5 Å². The van der Waals surface area contributed by atoms with Crippen LogP contribution in [0, 0.1) is 0 Å². The molecule has 0 fully saturated rings. The van der Waals surface area contributed by atoms with Crippen LogP contribution in [0.25, 0.3) is 0 Å². The van der Waals surface area contributed by atoms with Crippen LogP contribution in [-0.2, 0) is 4.79 Å². The van der Waals surface area contributed by atoms with Crippen molar-refractivity contribution in [1.29, 1.82) is 0 Å². The molecule has 18 heavy (non-hydrogen) atoms. The van der Waals surface area contributed by atoms with Crippen LogP contribution in [0.2, 0.25) is 0 Å². The maximum atomic E-state index is 11.7. The van der Waals surface area contributed by atoms with Crippen molar-refractivity contribution in [2.75, 3.05) is 18.9 Å². The number of nitrogens with one attached hydrogen (secondary N) is 3. The molecule has 0 atom stereocenters. The number of benzene rings is 1. The Morgan fingerprint density at radius 2 is 1.89 bits per heavy atom. The third-order valence-electron chi connectivity index (χ3n) is 2.34. The van der Waals surface area contributed by atoms with Crippen LogP contribution in [0.3, 0.4) is 0 Å². The smallest absolute Gasteiger partial charge is 0.253 e. The van der Waals surface area contributed by atoms with Gasteiger partial charge < -0.3 is 16.0 Å². The summed E-state index contributed by atoms with van der Waals surface area (Å²) in [6.07, 6.45) is 0. The number of carbonyl (C=O) groups is 2. The second-order valence-corrected chi connectivity index (χ2v) is 4.21. The molecule has 0 saturated heterocycles. The summed E-state index contributed by atoms with van der Waals surface area (Å²) in [4.78, 5) is 23.3. The zero-order valence-electron chi connectivity index (χ0n) is 10.9. The summed E-state index contributed by atoms with van der Waals surface area (Å²) < 4.78 is 0. The van der Waals surface area contributed by atoms with Crippen LogP contribution in [0.4, 0.5) is 5.69 Å². The molecule has 2 amide bonds. The molecule has 0 spiro atoms. The summed E-state index contributed by atoms with van der Waals surface area (Å²) in [6, 6.07) is 7.15. The highest BCUT2D eigenvalue weighted by Crippen LogP contribution is 2.14. The van der Waals surface area contributed by atoms with E-state index in [1.807, 2.05) is 13.8 Å². The van der Waals surface area contributed by atoms with Gasteiger partial charge in [0.25, 0.3) is 5.91 Å². The lowest BCUT2D eigenvalue weighted by atomic mass is 10.1. The molecule has 0 aliphatic carbocycles. The maximum absolute atomic E-state index is 11.7. The first-order chi connectivity index (χ1) is 8.54. The van der Waals surface area contributed by atoms with Gasteiger partial charge in [-0.15, -0.1) is 0 Å². The van der Waals surface area contributed by atoms with E-state index >= 15 is 0 Å². The Balaban J connectivity index is 2.72. The molecule has 1 aromatic rings. The summed E-state index contributed by atoms with van der Waals surface area (Å²) in [5, 5.41) is 8.27. The van der Waals surface area contributed by atoms with Gasteiger partial charge in [0.1, 0.15) is 0 Å². The Kier molecular flexibility index (Phi) is 5.32. The molecular weight excluding hydrogens is 230 g/mol. The highest BCUT2D eigenvalue weighted by molar-refractivity contribution is 6.03. The minimum absolute atomic E-state index is 0.167.